The first kappa shape index (κ1) is 11.6. The number of halogens is 2. The lowest BCUT2D eigenvalue weighted by molar-refractivity contribution is 0.717. The Kier molecular flexibility index (Phi) is 3.99. The third kappa shape index (κ3) is 3.02. The fourth-order valence-corrected chi connectivity index (χ4v) is 1.54. The van der Waals surface area contributed by atoms with E-state index in [-0.39, 0.29) is 6.04 Å². The summed E-state index contributed by atoms with van der Waals surface area (Å²) in [6.45, 7) is 5.78. The molecule has 0 saturated heterocycles. The van der Waals surface area contributed by atoms with Crippen LogP contribution < -0.4 is 5.73 Å². The van der Waals surface area contributed by atoms with Crippen LogP contribution in [-0.2, 0) is 0 Å². The number of nitrogens with two attached hydrogens (primary N) is 1. The molecule has 0 bridgehead atoms. The molecular formula is C11H13Cl2N. The lowest BCUT2D eigenvalue weighted by atomic mass is 10.0. The minimum absolute atomic E-state index is 0.0535. The molecule has 1 aromatic rings. The first-order chi connectivity index (χ1) is 6.50. The second kappa shape index (κ2) is 4.83. The van der Waals surface area contributed by atoms with Crippen LogP contribution >= 0.6 is 23.2 Å². The molecule has 0 radical (unpaired) electrons. The van der Waals surface area contributed by atoms with E-state index in [1.807, 2.05) is 13.0 Å². The molecule has 1 nitrogen and oxygen atoms in total. The zero-order chi connectivity index (χ0) is 10.7. The zero-order valence-corrected chi connectivity index (χ0v) is 9.57. The van der Waals surface area contributed by atoms with Crippen molar-refractivity contribution in [2.75, 3.05) is 0 Å². The van der Waals surface area contributed by atoms with Crippen molar-refractivity contribution in [1.82, 2.24) is 0 Å². The molecule has 0 aliphatic carbocycles. The van der Waals surface area contributed by atoms with E-state index in [1.54, 1.807) is 12.1 Å². The van der Waals surface area contributed by atoms with Gasteiger partial charge in [-0.25, -0.2) is 0 Å². The van der Waals surface area contributed by atoms with Crippen molar-refractivity contribution in [2.45, 2.75) is 19.4 Å². The summed E-state index contributed by atoms with van der Waals surface area (Å²) in [5, 5.41) is 1.10. The summed E-state index contributed by atoms with van der Waals surface area (Å²) in [4.78, 5) is 0. The summed E-state index contributed by atoms with van der Waals surface area (Å²) in [6.07, 6.45) is 0.762. The number of rotatable bonds is 3. The van der Waals surface area contributed by atoms with Gasteiger partial charge in [-0.2, -0.15) is 0 Å². The van der Waals surface area contributed by atoms with Gasteiger partial charge in [-0.1, -0.05) is 34.8 Å². The Bertz CT molecular complexity index is 347. The van der Waals surface area contributed by atoms with Crippen molar-refractivity contribution >= 4 is 23.2 Å². The van der Waals surface area contributed by atoms with E-state index < -0.39 is 0 Å². The van der Waals surface area contributed by atoms with Gasteiger partial charge in [0.15, 0.2) is 0 Å². The van der Waals surface area contributed by atoms with E-state index in [4.69, 9.17) is 28.9 Å². The van der Waals surface area contributed by atoms with Gasteiger partial charge < -0.3 is 5.73 Å². The minimum Gasteiger partial charge on any atom is -0.324 e. The maximum absolute atomic E-state index is 5.95. The third-order valence-corrected chi connectivity index (χ3v) is 2.68. The molecule has 14 heavy (non-hydrogen) atoms. The average Bonchev–Trinajstić information content (AvgIpc) is 2.08. The van der Waals surface area contributed by atoms with Crippen LogP contribution in [0.1, 0.15) is 24.9 Å². The maximum atomic E-state index is 5.95. The van der Waals surface area contributed by atoms with Gasteiger partial charge in [-0.05, 0) is 31.0 Å². The Labute approximate surface area is 94.5 Å². The largest absolute Gasteiger partial charge is 0.324 e. The van der Waals surface area contributed by atoms with Crippen LogP contribution in [-0.4, -0.2) is 0 Å². The number of hydrogen-bond donors (Lipinski definition) is 1. The molecule has 0 saturated carbocycles. The lowest BCUT2D eigenvalue weighted by Gasteiger charge is -2.12. The Hall–Kier alpha value is -0.500. The molecule has 1 rings (SSSR count). The normalized spacial score (nSPS) is 12.6. The van der Waals surface area contributed by atoms with E-state index in [0.29, 0.717) is 10.0 Å². The van der Waals surface area contributed by atoms with Gasteiger partial charge in [0, 0.05) is 6.04 Å². The van der Waals surface area contributed by atoms with E-state index in [9.17, 15) is 0 Å². The van der Waals surface area contributed by atoms with Crippen molar-refractivity contribution in [3.63, 3.8) is 0 Å². The van der Waals surface area contributed by atoms with Crippen molar-refractivity contribution in [2.24, 2.45) is 5.73 Å². The summed E-state index contributed by atoms with van der Waals surface area (Å²) < 4.78 is 0. The molecule has 0 aliphatic rings. The molecular weight excluding hydrogens is 217 g/mol. The summed E-state index contributed by atoms with van der Waals surface area (Å²) in [5.41, 5.74) is 8.00. The minimum atomic E-state index is -0.0535. The third-order valence-electron chi connectivity index (χ3n) is 1.94. The summed E-state index contributed by atoms with van der Waals surface area (Å²) in [7, 11) is 0. The second-order valence-corrected chi connectivity index (χ2v) is 4.26. The second-order valence-electron chi connectivity index (χ2n) is 3.44. The van der Waals surface area contributed by atoms with Gasteiger partial charge in [0.25, 0.3) is 0 Å². The smallest absolute Gasteiger partial charge is 0.0595 e. The lowest BCUT2D eigenvalue weighted by Crippen LogP contribution is -2.10. The van der Waals surface area contributed by atoms with Crippen LogP contribution in [0.2, 0.25) is 10.0 Å². The van der Waals surface area contributed by atoms with Crippen LogP contribution in [0.5, 0.6) is 0 Å². The van der Waals surface area contributed by atoms with E-state index >= 15 is 0 Å². The van der Waals surface area contributed by atoms with Crippen LogP contribution in [0.15, 0.2) is 30.4 Å². The van der Waals surface area contributed by atoms with Crippen LogP contribution in [0.25, 0.3) is 0 Å². The molecule has 0 aromatic heterocycles. The topological polar surface area (TPSA) is 26.0 Å². The van der Waals surface area contributed by atoms with Gasteiger partial charge in [-0.15, -0.1) is 6.58 Å². The van der Waals surface area contributed by atoms with Gasteiger partial charge in [0.2, 0.25) is 0 Å². The molecule has 0 fully saturated rings. The molecule has 3 heteroatoms. The Morgan fingerprint density at radius 1 is 1.43 bits per heavy atom. The van der Waals surface area contributed by atoms with Crippen molar-refractivity contribution < 1.29 is 0 Å². The zero-order valence-electron chi connectivity index (χ0n) is 8.06. The SMILES string of the molecule is C=C(C)CC(N)c1ccc(Cl)c(Cl)c1. The first-order valence-electron chi connectivity index (χ1n) is 4.35. The quantitative estimate of drug-likeness (QED) is 0.781. The molecule has 2 N–H and O–H groups in total. The average molecular weight is 230 g/mol. The molecule has 0 heterocycles. The van der Waals surface area contributed by atoms with Crippen molar-refractivity contribution in [3.05, 3.63) is 46.0 Å². The van der Waals surface area contributed by atoms with Gasteiger partial charge in [0.1, 0.15) is 0 Å². The summed E-state index contributed by atoms with van der Waals surface area (Å²) in [6, 6.07) is 5.40. The standard InChI is InChI=1S/C11H13Cl2N/c1-7(2)5-11(14)8-3-4-9(12)10(13)6-8/h3-4,6,11H,1,5,14H2,2H3. The fourth-order valence-electron chi connectivity index (χ4n) is 1.24. The van der Waals surface area contributed by atoms with Gasteiger partial charge >= 0.3 is 0 Å². The molecule has 76 valence electrons. The Balaban J connectivity index is 2.85. The first-order valence-corrected chi connectivity index (χ1v) is 5.11. The monoisotopic (exact) mass is 229 g/mol. The highest BCUT2D eigenvalue weighted by Gasteiger charge is 2.07. The molecule has 0 aliphatic heterocycles. The fraction of sp³-hybridized carbons (Fsp3) is 0.273. The summed E-state index contributed by atoms with van der Waals surface area (Å²) >= 11 is 11.7. The highest BCUT2D eigenvalue weighted by atomic mass is 35.5. The Morgan fingerprint density at radius 2 is 2.07 bits per heavy atom. The van der Waals surface area contributed by atoms with Crippen LogP contribution in [0, 0.1) is 0 Å². The highest BCUT2D eigenvalue weighted by Crippen LogP contribution is 2.26. The predicted molar refractivity (Wildman–Crippen MR) is 62.8 cm³/mol. The predicted octanol–water partition coefficient (Wildman–Crippen LogP) is 3.96. The van der Waals surface area contributed by atoms with Gasteiger partial charge in [-0.3, -0.25) is 0 Å². The molecule has 1 aromatic carbocycles. The number of hydrogen-bond acceptors (Lipinski definition) is 1. The van der Waals surface area contributed by atoms with E-state index in [0.717, 1.165) is 17.6 Å². The maximum Gasteiger partial charge on any atom is 0.0595 e. The van der Waals surface area contributed by atoms with E-state index in [1.165, 1.54) is 0 Å². The number of benzene rings is 1. The van der Waals surface area contributed by atoms with E-state index in [2.05, 4.69) is 6.58 Å². The molecule has 1 unspecified atom stereocenters. The molecule has 0 spiro atoms. The van der Waals surface area contributed by atoms with Crippen molar-refractivity contribution in [1.29, 1.82) is 0 Å². The Morgan fingerprint density at radius 3 is 2.57 bits per heavy atom. The molecule has 1 atom stereocenters. The van der Waals surface area contributed by atoms with Crippen LogP contribution in [0.3, 0.4) is 0 Å². The molecule has 0 amide bonds. The van der Waals surface area contributed by atoms with Crippen molar-refractivity contribution in [3.8, 4) is 0 Å². The highest BCUT2D eigenvalue weighted by molar-refractivity contribution is 6.42. The van der Waals surface area contributed by atoms with Crippen LogP contribution in [0.4, 0.5) is 0 Å². The van der Waals surface area contributed by atoms with Gasteiger partial charge in [0.05, 0.1) is 10.0 Å². The summed E-state index contributed by atoms with van der Waals surface area (Å²) in [5.74, 6) is 0.